The van der Waals surface area contributed by atoms with Crippen LogP contribution in [0.4, 0.5) is 5.69 Å². The van der Waals surface area contributed by atoms with Crippen molar-refractivity contribution in [2.45, 2.75) is 46.0 Å². The van der Waals surface area contributed by atoms with Gasteiger partial charge in [-0.3, -0.25) is 9.59 Å². The van der Waals surface area contributed by atoms with E-state index >= 15 is 0 Å². The molecule has 20 heavy (non-hydrogen) atoms. The van der Waals surface area contributed by atoms with E-state index in [-0.39, 0.29) is 0 Å². The summed E-state index contributed by atoms with van der Waals surface area (Å²) in [6, 6.07) is 7.35. The highest BCUT2D eigenvalue weighted by molar-refractivity contribution is 6.39. The molecule has 4 nitrogen and oxygen atoms in total. The van der Waals surface area contributed by atoms with Crippen LogP contribution < -0.4 is 10.6 Å². The van der Waals surface area contributed by atoms with Crippen molar-refractivity contribution in [3.63, 3.8) is 0 Å². The number of hydrogen-bond donors (Lipinski definition) is 2. The van der Waals surface area contributed by atoms with E-state index in [4.69, 9.17) is 0 Å². The molecule has 0 aliphatic rings. The molecule has 0 aliphatic heterocycles. The molecule has 0 saturated carbocycles. The predicted octanol–water partition coefficient (Wildman–Crippen LogP) is 3.02. The minimum Gasteiger partial charge on any atom is -0.348 e. The quantitative estimate of drug-likeness (QED) is 0.594. The van der Waals surface area contributed by atoms with Gasteiger partial charge in [-0.1, -0.05) is 50.3 Å². The van der Waals surface area contributed by atoms with E-state index in [2.05, 4.69) is 17.6 Å². The van der Waals surface area contributed by atoms with E-state index in [9.17, 15) is 9.59 Å². The molecule has 110 valence electrons. The molecular formula is C16H24N2O2. The monoisotopic (exact) mass is 276 g/mol. The highest BCUT2D eigenvalue weighted by Crippen LogP contribution is 2.08. The van der Waals surface area contributed by atoms with Crippen LogP contribution in [0.3, 0.4) is 0 Å². The molecule has 1 aromatic rings. The van der Waals surface area contributed by atoms with E-state index in [1.165, 1.54) is 19.3 Å². The van der Waals surface area contributed by atoms with E-state index in [1.807, 2.05) is 19.1 Å². The first-order chi connectivity index (χ1) is 9.63. The summed E-state index contributed by atoms with van der Waals surface area (Å²) in [5.74, 6) is -1.18. The zero-order valence-corrected chi connectivity index (χ0v) is 12.4. The van der Waals surface area contributed by atoms with Crippen molar-refractivity contribution < 1.29 is 9.59 Å². The molecule has 0 atom stereocenters. The predicted molar refractivity (Wildman–Crippen MR) is 81.6 cm³/mol. The van der Waals surface area contributed by atoms with E-state index < -0.39 is 11.8 Å². The van der Waals surface area contributed by atoms with Crippen LogP contribution in [0.5, 0.6) is 0 Å². The minimum atomic E-state index is -0.609. The minimum absolute atomic E-state index is 0.559. The summed E-state index contributed by atoms with van der Waals surface area (Å²) < 4.78 is 0. The number of carbonyl (C=O) groups excluding carboxylic acids is 2. The lowest BCUT2D eigenvalue weighted by Gasteiger charge is -2.06. The first kappa shape index (κ1) is 16.2. The fourth-order valence-corrected chi connectivity index (χ4v) is 1.84. The Morgan fingerprint density at radius 1 is 0.950 bits per heavy atom. The maximum absolute atomic E-state index is 11.6. The Morgan fingerprint density at radius 3 is 2.25 bits per heavy atom. The van der Waals surface area contributed by atoms with Crippen LogP contribution in [-0.2, 0) is 9.59 Å². The van der Waals surface area contributed by atoms with Crippen LogP contribution in [0.15, 0.2) is 24.3 Å². The summed E-state index contributed by atoms with van der Waals surface area (Å²) in [5, 5.41) is 5.22. The lowest BCUT2D eigenvalue weighted by Crippen LogP contribution is -2.35. The van der Waals surface area contributed by atoms with Gasteiger partial charge in [-0.25, -0.2) is 0 Å². The Hall–Kier alpha value is -1.84. The van der Waals surface area contributed by atoms with Gasteiger partial charge in [0.25, 0.3) is 0 Å². The summed E-state index contributed by atoms with van der Waals surface area (Å²) in [6.45, 7) is 4.69. The van der Waals surface area contributed by atoms with Gasteiger partial charge in [-0.2, -0.15) is 0 Å². The van der Waals surface area contributed by atoms with Crippen LogP contribution in [0.2, 0.25) is 0 Å². The Bertz CT molecular complexity index is 427. The van der Waals surface area contributed by atoms with Crippen molar-refractivity contribution in [1.29, 1.82) is 0 Å². The van der Waals surface area contributed by atoms with Gasteiger partial charge >= 0.3 is 11.8 Å². The molecule has 0 aliphatic carbocycles. The maximum atomic E-state index is 11.6. The summed E-state index contributed by atoms with van der Waals surface area (Å²) in [6.07, 6.45) is 5.62. The first-order valence-electron chi connectivity index (χ1n) is 7.29. The number of carbonyl (C=O) groups is 2. The van der Waals surface area contributed by atoms with Crippen LogP contribution in [0.1, 0.15) is 44.6 Å². The first-order valence-corrected chi connectivity index (χ1v) is 7.29. The topological polar surface area (TPSA) is 58.2 Å². The highest BCUT2D eigenvalue weighted by atomic mass is 16.2. The normalized spacial score (nSPS) is 10.1. The van der Waals surface area contributed by atoms with Crippen molar-refractivity contribution in [3.8, 4) is 0 Å². The van der Waals surface area contributed by atoms with E-state index in [0.29, 0.717) is 12.2 Å². The van der Waals surface area contributed by atoms with Crippen molar-refractivity contribution in [1.82, 2.24) is 5.32 Å². The molecule has 2 N–H and O–H groups in total. The fraction of sp³-hybridized carbons (Fsp3) is 0.500. The molecule has 0 radical (unpaired) electrons. The third-order valence-corrected chi connectivity index (χ3v) is 3.08. The molecule has 0 bridgehead atoms. The molecule has 0 spiro atoms. The van der Waals surface area contributed by atoms with Gasteiger partial charge in [0, 0.05) is 12.2 Å². The molecule has 1 rings (SSSR count). The Balaban J connectivity index is 2.22. The molecule has 0 unspecified atom stereocenters. The summed E-state index contributed by atoms with van der Waals surface area (Å²) in [5.41, 5.74) is 1.75. The van der Waals surface area contributed by atoms with Crippen LogP contribution >= 0.6 is 0 Å². The number of benzene rings is 1. The largest absolute Gasteiger partial charge is 0.348 e. The van der Waals surface area contributed by atoms with Crippen LogP contribution in [-0.4, -0.2) is 18.4 Å². The number of anilines is 1. The van der Waals surface area contributed by atoms with Crippen molar-refractivity contribution in [2.75, 3.05) is 11.9 Å². The zero-order chi connectivity index (χ0) is 14.8. The van der Waals surface area contributed by atoms with Gasteiger partial charge in [-0.05, 0) is 25.5 Å². The zero-order valence-electron chi connectivity index (χ0n) is 12.4. The van der Waals surface area contributed by atoms with E-state index in [0.717, 1.165) is 18.4 Å². The number of hydrogen-bond acceptors (Lipinski definition) is 2. The summed E-state index contributed by atoms with van der Waals surface area (Å²) >= 11 is 0. The molecule has 4 heteroatoms. The molecule has 0 fully saturated rings. The fourth-order valence-electron chi connectivity index (χ4n) is 1.84. The van der Waals surface area contributed by atoms with Gasteiger partial charge in [-0.15, -0.1) is 0 Å². The number of aryl methyl sites for hydroxylation is 1. The van der Waals surface area contributed by atoms with Crippen LogP contribution in [0.25, 0.3) is 0 Å². The Labute approximate surface area is 121 Å². The van der Waals surface area contributed by atoms with Gasteiger partial charge in [0.2, 0.25) is 0 Å². The lowest BCUT2D eigenvalue weighted by atomic mass is 10.1. The molecule has 0 saturated heterocycles. The Morgan fingerprint density at radius 2 is 1.60 bits per heavy atom. The SMILES string of the molecule is CCCCCCCNC(=O)C(=O)Nc1ccc(C)cc1. The van der Waals surface area contributed by atoms with Crippen molar-refractivity contribution >= 4 is 17.5 Å². The van der Waals surface area contributed by atoms with Crippen molar-refractivity contribution in [3.05, 3.63) is 29.8 Å². The number of unbranched alkanes of at least 4 members (excludes halogenated alkanes) is 4. The third-order valence-electron chi connectivity index (χ3n) is 3.08. The average molecular weight is 276 g/mol. The molecule has 1 aromatic carbocycles. The van der Waals surface area contributed by atoms with Gasteiger partial charge < -0.3 is 10.6 Å². The summed E-state index contributed by atoms with van der Waals surface area (Å²) in [4.78, 5) is 23.2. The molecule has 0 aromatic heterocycles. The standard InChI is InChI=1S/C16H24N2O2/c1-3-4-5-6-7-12-17-15(19)16(20)18-14-10-8-13(2)9-11-14/h8-11H,3-7,12H2,1-2H3,(H,17,19)(H,18,20). The number of rotatable bonds is 7. The molecule has 2 amide bonds. The average Bonchev–Trinajstić information content (AvgIpc) is 2.45. The van der Waals surface area contributed by atoms with Gasteiger partial charge in [0.1, 0.15) is 0 Å². The Kier molecular flexibility index (Phi) is 7.40. The maximum Gasteiger partial charge on any atom is 0.313 e. The van der Waals surface area contributed by atoms with Crippen LogP contribution in [0, 0.1) is 6.92 Å². The van der Waals surface area contributed by atoms with E-state index in [1.54, 1.807) is 12.1 Å². The highest BCUT2D eigenvalue weighted by Gasteiger charge is 2.12. The lowest BCUT2D eigenvalue weighted by molar-refractivity contribution is -0.136. The third kappa shape index (κ3) is 6.36. The number of amides is 2. The second-order valence-corrected chi connectivity index (χ2v) is 4.99. The molecule has 0 heterocycles. The van der Waals surface area contributed by atoms with Gasteiger partial charge in [0.15, 0.2) is 0 Å². The van der Waals surface area contributed by atoms with Gasteiger partial charge in [0.05, 0.1) is 0 Å². The second-order valence-electron chi connectivity index (χ2n) is 4.99. The summed E-state index contributed by atoms with van der Waals surface area (Å²) in [7, 11) is 0. The second kappa shape index (κ2) is 9.13. The number of nitrogens with one attached hydrogen (secondary N) is 2. The molecular weight excluding hydrogens is 252 g/mol. The smallest absolute Gasteiger partial charge is 0.313 e. The van der Waals surface area contributed by atoms with Crippen molar-refractivity contribution in [2.24, 2.45) is 0 Å².